The van der Waals surface area contributed by atoms with Crippen LogP contribution in [0.5, 0.6) is 0 Å². The quantitative estimate of drug-likeness (QED) is 0.919. The second-order valence-corrected chi connectivity index (χ2v) is 6.74. The molecule has 6 nitrogen and oxygen atoms in total. The molecule has 0 bridgehead atoms. The fourth-order valence-corrected chi connectivity index (χ4v) is 3.04. The Hall–Kier alpha value is -2.18. The Morgan fingerprint density at radius 1 is 1.16 bits per heavy atom. The van der Waals surface area contributed by atoms with Crippen LogP contribution in [0, 0.1) is 20.8 Å². The molecule has 1 fully saturated rings. The highest BCUT2D eigenvalue weighted by Gasteiger charge is 2.26. The van der Waals surface area contributed by atoms with E-state index in [1.165, 1.54) is 0 Å². The number of aryl methyl sites for hydroxylation is 3. The minimum atomic E-state index is -0.593. The standard InChI is InChI=1S/C19H26N4O2/c1-13-4-6-16(7-5-13)18(20)19(24)23-10-8-22(9-11-23)12-17-21-14(2)15(3)25-17/h4-7,18H,8-12,20H2,1-3H3. The zero-order chi connectivity index (χ0) is 18.0. The summed E-state index contributed by atoms with van der Waals surface area (Å²) in [6.45, 7) is 9.53. The van der Waals surface area contributed by atoms with E-state index in [0.29, 0.717) is 19.6 Å². The van der Waals surface area contributed by atoms with Crippen LogP contribution in [0.4, 0.5) is 0 Å². The molecule has 1 saturated heterocycles. The van der Waals surface area contributed by atoms with Gasteiger partial charge < -0.3 is 15.1 Å². The molecule has 1 aromatic carbocycles. The van der Waals surface area contributed by atoms with E-state index < -0.39 is 6.04 Å². The van der Waals surface area contributed by atoms with E-state index in [0.717, 1.165) is 41.6 Å². The van der Waals surface area contributed by atoms with Crippen LogP contribution in [-0.4, -0.2) is 46.9 Å². The van der Waals surface area contributed by atoms with Crippen molar-refractivity contribution in [1.29, 1.82) is 0 Å². The maximum atomic E-state index is 12.6. The Morgan fingerprint density at radius 3 is 2.36 bits per heavy atom. The molecule has 25 heavy (non-hydrogen) atoms. The molecule has 134 valence electrons. The number of hydrogen-bond donors (Lipinski definition) is 1. The first-order valence-corrected chi connectivity index (χ1v) is 8.70. The monoisotopic (exact) mass is 342 g/mol. The van der Waals surface area contributed by atoms with Crippen LogP contribution in [0.3, 0.4) is 0 Å². The Morgan fingerprint density at radius 2 is 1.80 bits per heavy atom. The zero-order valence-electron chi connectivity index (χ0n) is 15.2. The molecule has 6 heteroatoms. The number of amides is 1. The van der Waals surface area contributed by atoms with Crippen molar-refractivity contribution in [3.8, 4) is 0 Å². The molecule has 1 aliphatic heterocycles. The topological polar surface area (TPSA) is 75.6 Å². The number of oxazole rings is 1. The fourth-order valence-electron chi connectivity index (χ4n) is 3.04. The van der Waals surface area contributed by atoms with Gasteiger partial charge >= 0.3 is 0 Å². The molecule has 1 aliphatic rings. The number of benzene rings is 1. The highest BCUT2D eigenvalue weighted by molar-refractivity contribution is 5.83. The maximum absolute atomic E-state index is 12.6. The lowest BCUT2D eigenvalue weighted by atomic mass is 10.0. The highest BCUT2D eigenvalue weighted by atomic mass is 16.4. The summed E-state index contributed by atoms with van der Waals surface area (Å²) in [7, 11) is 0. The van der Waals surface area contributed by atoms with Crippen molar-refractivity contribution < 1.29 is 9.21 Å². The molecule has 1 amide bonds. The third-order valence-corrected chi connectivity index (χ3v) is 4.82. The van der Waals surface area contributed by atoms with E-state index >= 15 is 0 Å². The highest BCUT2D eigenvalue weighted by Crippen LogP contribution is 2.17. The van der Waals surface area contributed by atoms with Gasteiger partial charge in [0.2, 0.25) is 11.8 Å². The third kappa shape index (κ3) is 4.08. The van der Waals surface area contributed by atoms with Crippen molar-refractivity contribution in [2.45, 2.75) is 33.4 Å². The molecular weight excluding hydrogens is 316 g/mol. The molecule has 0 saturated carbocycles. The number of hydrogen-bond acceptors (Lipinski definition) is 5. The van der Waals surface area contributed by atoms with Gasteiger partial charge in [-0.1, -0.05) is 29.8 Å². The average Bonchev–Trinajstić information content (AvgIpc) is 2.92. The van der Waals surface area contributed by atoms with Crippen LogP contribution in [0.1, 0.15) is 34.5 Å². The number of carbonyl (C=O) groups excluding carboxylic acids is 1. The molecule has 2 aromatic rings. The lowest BCUT2D eigenvalue weighted by Crippen LogP contribution is -2.50. The van der Waals surface area contributed by atoms with E-state index in [2.05, 4.69) is 9.88 Å². The summed E-state index contributed by atoms with van der Waals surface area (Å²) in [6.07, 6.45) is 0. The minimum Gasteiger partial charge on any atom is -0.444 e. The van der Waals surface area contributed by atoms with Gasteiger partial charge in [-0.15, -0.1) is 0 Å². The third-order valence-electron chi connectivity index (χ3n) is 4.82. The summed E-state index contributed by atoms with van der Waals surface area (Å²) in [5.41, 5.74) is 9.13. The lowest BCUT2D eigenvalue weighted by Gasteiger charge is -2.35. The van der Waals surface area contributed by atoms with Gasteiger partial charge in [-0.25, -0.2) is 4.98 Å². The molecular formula is C19H26N4O2. The van der Waals surface area contributed by atoms with Crippen LogP contribution in [-0.2, 0) is 11.3 Å². The first kappa shape index (κ1) is 17.6. The molecule has 3 rings (SSSR count). The van der Waals surface area contributed by atoms with Crippen LogP contribution in [0.15, 0.2) is 28.7 Å². The molecule has 0 aliphatic carbocycles. The van der Waals surface area contributed by atoms with E-state index in [1.54, 1.807) is 0 Å². The number of piperazine rings is 1. The van der Waals surface area contributed by atoms with Crippen LogP contribution < -0.4 is 5.73 Å². The summed E-state index contributed by atoms with van der Waals surface area (Å²) in [6, 6.07) is 7.24. The number of carbonyl (C=O) groups is 1. The van der Waals surface area contributed by atoms with Crippen LogP contribution in [0.2, 0.25) is 0 Å². The van der Waals surface area contributed by atoms with E-state index in [-0.39, 0.29) is 5.91 Å². The molecule has 1 unspecified atom stereocenters. The predicted molar refractivity (Wildman–Crippen MR) is 95.9 cm³/mol. The Balaban J connectivity index is 1.54. The number of nitrogens with zero attached hydrogens (tertiary/aromatic N) is 3. The predicted octanol–water partition coefficient (Wildman–Crippen LogP) is 1.94. The van der Waals surface area contributed by atoms with Gasteiger partial charge in [0, 0.05) is 26.2 Å². The molecule has 2 N–H and O–H groups in total. The van der Waals surface area contributed by atoms with Crippen molar-refractivity contribution >= 4 is 5.91 Å². The van der Waals surface area contributed by atoms with Crippen molar-refractivity contribution in [1.82, 2.24) is 14.8 Å². The normalized spacial score (nSPS) is 16.9. The van der Waals surface area contributed by atoms with Crippen molar-refractivity contribution in [2.24, 2.45) is 5.73 Å². The fraction of sp³-hybridized carbons (Fsp3) is 0.474. The summed E-state index contributed by atoms with van der Waals surface area (Å²) in [5, 5.41) is 0. The first-order valence-electron chi connectivity index (χ1n) is 8.70. The molecule has 0 radical (unpaired) electrons. The smallest absolute Gasteiger partial charge is 0.244 e. The zero-order valence-corrected chi connectivity index (χ0v) is 15.2. The summed E-state index contributed by atoms with van der Waals surface area (Å²) >= 11 is 0. The minimum absolute atomic E-state index is 0.00804. The second-order valence-electron chi connectivity index (χ2n) is 6.74. The number of nitrogens with two attached hydrogens (primary N) is 1. The van der Waals surface area contributed by atoms with Gasteiger partial charge in [-0.2, -0.15) is 0 Å². The van der Waals surface area contributed by atoms with E-state index in [4.69, 9.17) is 10.2 Å². The van der Waals surface area contributed by atoms with Crippen molar-refractivity contribution in [3.05, 3.63) is 52.7 Å². The summed E-state index contributed by atoms with van der Waals surface area (Å²) < 4.78 is 5.64. The van der Waals surface area contributed by atoms with Crippen molar-refractivity contribution in [3.63, 3.8) is 0 Å². The number of rotatable bonds is 4. The van der Waals surface area contributed by atoms with Crippen LogP contribution >= 0.6 is 0 Å². The van der Waals surface area contributed by atoms with E-state index in [1.807, 2.05) is 49.9 Å². The van der Waals surface area contributed by atoms with Gasteiger partial charge in [-0.3, -0.25) is 9.69 Å². The Labute approximate surface area is 148 Å². The lowest BCUT2D eigenvalue weighted by molar-refractivity contribution is -0.134. The molecule has 0 spiro atoms. The summed E-state index contributed by atoms with van der Waals surface area (Å²) in [5.74, 6) is 1.60. The summed E-state index contributed by atoms with van der Waals surface area (Å²) in [4.78, 5) is 21.2. The first-order chi connectivity index (χ1) is 11.9. The van der Waals surface area contributed by atoms with Gasteiger partial charge in [-0.05, 0) is 26.3 Å². The van der Waals surface area contributed by atoms with Crippen LogP contribution in [0.25, 0.3) is 0 Å². The largest absolute Gasteiger partial charge is 0.444 e. The SMILES string of the molecule is Cc1ccc(C(N)C(=O)N2CCN(Cc3nc(C)c(C)o3)CC2)cc1. The Bertz CT molecular complexity index is 711. The molecule has 2 heterocycles. The molecule has 1 atom stereocenters. The van der Waals surface area contributed by atoms with Gasteiger partial charge in [0.25, 0.3) is 0 Å². The Kier molecular flexibility index (Phi) is 5.20. The van der Waals surface area contributed by atoms with Gasteiger partial charge in [0.1, 0.15) is 11.8 Å². The number of aromatic nitrogens is 1. The van der Waals surface area contributed by atoms with Crippen molar-refractivity contribution in [2.75, 3.05) is 26.2 Å². The second kappa shape index (κ2) is 7.37. The molecule has 1 aromatic heterocycles. The van der Waals surface area contributed by atoms with E-state index in [9.17, 15) is 4.79 Å². The van der Waals surface area contributed by atoms with Gasteiger partial charge in [0.05, 0.1) is 12.2 Å². The average molecular weight is 342 g/mol. The van der Waals surface area contributed by atoms with Gasteiger partial charge in [0.15, 0.2) is 0 Å². The maximum Gasteiger partial charge on any atom is 0.244 e.